The molecule has 0 heterocycles. The van der Waals surface area contributed by atoms with E-state index in [4.69, 9.17) is 9.47 Å². The molecule has 0 bridgehead atoms. The third kappa shape index (κ3) is 2.10. The van der Waals surface area contributed by atoms with Crippen LogP contribution in [0, 0.1) is 5.92 Å². The summed E-state index contributed by atoms with van der Waals surface area (Å²) >= 11 is 0. The van der Waals surface area contributed by atoms with Crippen molar-refractivity contribution < 1.29 is 23.6 Å². The Morgan fingerprint density at radius 3 is 2.06 bits per heavy atom. The number of methoxy groups -OCH3 is 2. The summed E-state index contributed by atoms with van der Waals surface area (Å²) in [5, 5.41) is 0. The van der Waals surface area contributed by atoms with Crippen molar-refractivity contribution in [3.8, 4) is 0 Å². The lowest BCUT2D eigenvalue weighted by molar-refractivity contribution is -0.467. The molecule has 0 aromatic heterocycles. The van der Waals surface area contributed by atoms with Gasteiger partial charge in [-0.05, 0) is 0 Å². The van der Waals surface area contributed by atoms with Gasteiger partial charge in [-0.1, -0.05) is 0 Å². The Balaban J connectivity index is 3.39. The van der Waals surface area contributed by atoms with Crippen molar-refractivity contribution in [2.24, 2.45) is 5.92 Å². The van der Waals surface area contributed by atoms with Crippen LogP contribution >= 0.6 is 0 Å². The van der Waals surface area contributed by atoms with Crippen molar-refractivity contribution in [2.45, 2.75) is 0 Å². The highest BCUT2D eigenvalue weighted by Crippen LogP contribution is 2.34. The summed E-state index contributed by atoms with van der Waals surface area (Å²) in [6.45, 7) is 0. The minimum atomic E-state index is -0.533. The van der Waals surface area contributed by atoms with Gasteiger partial charge in [-0.15, -0.1) is 0 Å². The zero-order valence-corrected chi connectivity index (χ0v) is 11.6. The first-order valence-corrected chi connectivity index (χ1v) is 5.49. The molecular weight excluding hydrogens is 236 g/mol. The smallest absolute Gasteiger partial charge is 0.346 e. The maximum Gasteiger partial charge on any atom is 0.346 e. The van der Waals surface area contributed by atoms with E-state index in [9.17, 15) is 9.59 Å². The van der Waals surface area contributed by atoms with Crippen molar-refractivity contribution in [1.82, 2.24) is 4.90 Å². The van der Waals surface area contributed by atoms with Gasteiger partial charge < -0.3 is 14.4 Å². The van der Waals surface area contributed by atoms with Crippen LogP contribution in [0.3, 0.4) is 0 Å². The summed E-state index contributed by atoms with van der Waals surface area (Å²) in [6, 6.07) is 0. The average Bonchev–Trinajstić information content (AvgIpc) is 2.25. The molecule has 100 valence electrons. The maximum absolute atomic E-state index is 11.8. The second kappa shape index (κ2) is 5.20. The normalized spacial score (nSPS) is 18.1. The summed E-state index contributed by atoms with van der Waals surface area (Å²) in [5.41, 5.74) is 1.68. The predicted octanol–water partition coefficient (Wildman–Crippen LogP) is -0.509. The molecule has 0 aromatic carbocycles. The van der Waals surface area contributed by atoms with E-state index in [1.54, 1.807) is 37.7 Å². The minimum absolute atomic E-state index is 0.380. The van der Waals surface area contributed by atoms with Crippen LogP contribution in [0.2, 0.25) is 0 Å². The molecule has 0 spiro atoms. The van der Waals surface area contributed by atoms with Crippen LogP contribution in [0.25, 0.3) is 0 Å². The second-order valence-corrected chi connectivity index (χ2v) is 4.38. The Morgan fingerprint density at radius 2 is 1.72 bits per heavy atom. The number of hydrogen-bond donors (Lipinski definition) is 0. The third-order valence-electron chi connectivity index (χ3n) is 2.85. The maximum atomic E-state index is 11.8. The molecule has 0 saturated carbocycles. The van der Waals surface area contributed by atoms with Gasteiger partial charge in [-0.3, -0.25) is 4.79 Å². The molecule has 0 fully saturated rings. The fraction of sp³-hybridized carbons (Fsp3) is 0.583. The van der Waals surface area contributed by atoms with E-state index >= 15 is 0 Å². The van der Waals surface area contributed by atoms with Crippen molar-refractivity contribution in [2.75, 3.05) is 42.4 Å². The highest BCUT2D eigenvalue weighted by atomic mass is 16.5. The summed E-state index contributed by atoms with van der Waals surface area (Å²) < 4.78 is 11.3. The van der Waals surface area contributed by atoms with Gasteiger partial charge in [0.1, 0.15) is 19.7 Å². The van der Waals surface area contributed by atoms with Gasteiger partial charge in [-0.2, -0.15) is 0 Å². The predicted molar refractivity (Wildman–Crippen MR) is 65.4 cm³/mol. The molecule has 1 unspecified atom stereocenters. The number of nitrogens with zero attached hydrogens (tertiary/aromatic N) is 2. The molecule has 6 heteroatoms. The molecule has 1 rings (SSSR count). The van der Waals surface area contributed by atoms with Gasteiger partial charge in [0.2, 0.25) is 5.71 Å². The summed E-state index contributed by atoms with van der Waals surface area (Å²) in [5.74, 6) is -1.35. The van der Waals surface area contributed by atoms with Crippen molar-refractivity contribution in [1.29, 1.82) is 0 Å². The average molecular weight is 255 g/mol. The first-order valence-electron chi connectivity index (χ1n) is 5.49. The number of esters is 2. The quantitative estimate of drug-likeness (QED) is 0.502. The zero-order chi connectivity index (χ0) is 14.0. The lowest BCUT2D eigenvalue weighted by Crippen LogP contribution is -2.49. The standard InChI is InChI=1S/C12H19N2O4/c1-13(2)9-7(11(15)17-5)10(14(3)4)8(9)12(16)18-6/h7H,1-6H3/q+1. The highest BCUT2D eigenvalue weighted by molar-refractivity contribution is 6.30. The first-order chi connectivity index (χ1) is 8.36. The van der Waals surface area contributed by atoms with Crippen molar-refractivity contribution in [3.05, 3.63) is 11.3 Å². The van der Waals surface area contributed by atoms with E-state index in [0.717, 1.165) is 0 Å². The molecule has 0 amide bonds. The number of rotatable bonds is 3. The number of carbonyl (C=O) groups is 2. The van der Waals surface area contributed by atoms with Gasteiger partial charge in [-0.25, -0.2) is 9.37 Å². The molecule has 0 N–H and O–H groups in total. The number of carbonyl (C=O) groups excluding carboxylic acids is 2. The van der Waals surface area contributed by atoms with E-state index in [1.807, 2.05) is 0 Å². The van der Waals surface area contributed by atoms with Gasteiger partial charge >= 0.3 is 11.9 Å². The number of ether oxygens (including phenoxy) is 2. The Bertz CT molecular complexity index is 445. The fourth-order valence-electron chi connectivity index (χ4n) is 2.09. The van der Waals surface area contributed by atoms with E-state index in [1.165, 1.54) is 14.2 Å². The molecule has 0 saturated heterocycles. The van der Waals surface area contributed by atoms with Crippen LogP contribution in [-0.4, -0.2) is 69.5 Å². The van der Waals surface area contributed by atoms with Gasteiger partial charge in [0.25, 0.3) is 0 Å². The SMILES string of the molecule is COC(=O)C1=C(N(C)C)C(C(=O)OC)C1=[N+](C)C. The lowest BCUT2D eigenvalue weighted by Gasteiger charge is -2.33. The van der Waals surface area contributed by atoms with Crippen LogP contribution in [0.1, 0.15) is 0 Å². The van der Waals surface area contributed by atoms with E-state index in [-0.39, 0.29) is 5.97 Å². The fourth-order valence-corrected chi connectivity index (χ4v) is 2.09. The largest absolute Gasteiger partial charge is 0.468 e. The van der Waals surface area contributed by atoms with Crippen LogP contribution in [0.4, 0.5) is 0 Å². The second-order valence-electron chi connectivity index (χ2n) is 4.38. The van der Waals surface area contributed by atoms with Crippen LogP contribution in [0.15, 0.2) is 11.3 Å². The Kier molecular flexibility index (Phi) is 4.11. The molecular formula is C12H19N2O4+. The lowest BCUT2D eigenvalue weighted by atomic mass is 9.78. The molecule has 6 nitrogen and oxygen atoms in total. The molecule has 0 aliphatic heterocycles. The Hall–Kier alpha value is -1.85. The molecule has 0 aromatic rings. The van der Waals surface area contributed by atoms with E-state index < -0.39 is 11.9 Å². The van der Waals surface area contributed by atoms with Gasteiger partial charge in [0.05, 0.1) is 19.9 Å². The molecule has 18 heavy (non-hydrogen) atoms. The molecule has 1 atom stereocenters. The van der Waals surface area contributed by atoms with E-state index in [2.05, 4.69) is 0 Å². The third-order valence-corrected chi connectivity index (χ3v) is 2.85. The van der Waals surface area contributed by atoms with Crippen LogP contribution in [-0.2, 0) is 19.1 Å². The number of hydrogen-bond acceptors (Lipinski definition) is 5. The van der Waals surface area contributed by atoms with Gasteiger partial charge in [0, 0.05) is 14.1 Å². The van der Waals surface area contributed by atoms with Crippen LogP contribution in [0.5, 0.6) is 0 Å². The van der Waals surface area contributed by atoms with Crippen molar-refractivity contribution in [3.63, 3.8) is 0 Å². The van der Waals surface area contributed by atoms with Crippen LogP contribution < -0.4 is 0 Å². The zero-order valence-electron chi connectivity index (χ0n) is 11.6. The summed E-state index contributed by atoms with van der Waals surface area (Å²) in [4.78, 5) is 25.3. The monoisotopic (exact) mass is 255 g/mol. The molecule has 1 aliphatic rings. The van der Waals surface area contributed by atoms with Crippen molar-refractivity contribution >= 4 is 17.7 Å². The summed E-state index contributed by atoms with van der Waals surface area (Å²) in [6.07, 6.45) is 0. The first kappa shape index (κ1) is 14.2. The Labute approximate surface area is 106 Å². The highest BCUT2D eigenvalue weighted by Gasteiger charge is 2.52. The van der Waals surface area contributed by atoms with Gasteiger partial charge in [0.15, 0.2) is 5.92 Å². The topological polar surface area (TPSA) is 58.9 Å². The molecule has 1 aliphatic carbocycles. The Morgan fingerprint density at radius 1 is 1.17 bits per heavy atom. The minimum Gasteiger partial charge on any atom is -0.468 e. The van der Waals surface area contributed by atoms with E-state index in [0.29, 0.717) is 17.0 Å². The molecule has 0 radical (unpaired) electrons. The summed E-state index contributed by atoms with van der Waals surface area (Å²) in [7, 11) is 9.77.